The molecule has 0 spiro atoms. The molecular weight excluding hydrogens is 158 g/mol. The highest BCUT2D eigenvalue weighted by molar-refractivity contribution is 5.08. The molecule has 0 saturated carbocycles. The van der Waals surface area contributed by atoms with E-state index in [0.29, 0.717) is 12.0 Å². The monoisotopic (exact) mass is 179 g/mol. The van der Waals surface area contributed by atoms with Crippen molar-refractivity contribution < 1.29 is 0 Å². The summed E-state index contributed by atoms with van der Waals surface area (Å²) < 4.78 is 0. The quantitative estimate of drug-likeness (QED) is 0.638. The first-order valence-electron chi connectivity index (χ1n) is 5.45. The Bertz CT molecular complexity index is 175. The molecular formula is C12H21N. The first kappa shape index (κ1) is 10.4. The van der Waals surface area contributed by atoms with E-state index >= 15 is 0 Å². The van der Waals surface area contributed by atoms with Gasteiger partial charge in [0.25, 0.3) is 0 Å². The first-order chi connectivity index (χ1) is 6.31. The van der Waals surface area contributed by atoms with Crippen LogP contribution >= 0.6 is 0 Å². The third kappa shape index (κ3) is 2.61. The Hall–Kier alpha value is -0.720. The van der Waals surface area contributed by atoms with Crippen LogP contribution in [0.15, 0.2) is 24.6 Å². The second-order valence-corrected chi connectivity index (χ2v) is 3.67. The summed E-state index contributed by atoms with van der Waals surface area (Å²) in [6.07, 6.45) is 12.8. The highest BCUT2D eigenvalue weighted by Crippen LogP contribution is 2.18. The van der Waals surface area contributed by atoms with Gasteiger partial charge in [-0.1, -0.05) is 32.9 Å². The standard InChI is InChI=1S/C12H21N/c1-4-11-7-9-13(10-8-11)12(5-2)6-3/h7-12H,4-6H2,1-3H3. The maximum absolute atomic E-state index is 2.34. The Morgan fingerprint density at radius 3 is 2.00 bits per heavy atom. The summed E-state index contributed by atoms with van der Waals surface area (Å²) >= 11 is 0. The van der Waals surface area contributed by atoms with E-state index < -0.39 is 0 Å². The van der Waals surface area contributed by atoms with E-state index in [0.717, 1.165) is 0 Å². The lowest BCUT2D eigenvalue weighted by atomic mass is 10.0. The van der Waals surface area contributed by atoms with E-state index in [1.54, 1.807) is 0 Å². The van der Waals surface area contributed by atoms with Gasteiger partial charge in [-0.15, -0.1) is 0 Å². The lowest BCUT2D eigenvalue weighted by Crippen LogP contribution is -2.26. The van der Waals surface area contributed by atoms with Crippen molar-refractivity contribution in [3.63, 3.8) is 0 Å². The van der Waals surface area contributed by atoms with E-state index in [-0.39, 0.29) is 0 Å². The number of allylic oxidation sites excluding steroid dienone is 2. The molecule has 0 aromatic rings. The van der Waals surface area contributed by atoms with Crippen molar-refractivity contribution in [1.82, 2.24) is 4.90 Å². The Labute approximate surface area is 82.1 Å². The summed E-state index contributed by atoms with van der Waals surface area (Å²) in [6, 6.07) is 0.685. The molecule has 0 N–H and O–H groups in total. The van der Waals surface area contributed by atoms with Crippen molar-refractivity contribution in [2.75, 3.05) is 0 Å². The van der Waals surface area contributed by atoms with Crippen LogP contribution in [0.1, 0.15) is 40.0 Å². The van der Waals surface area contributed by atoms with Crippen LogP contribution in [-0.2, 0) is 0 Å². The fourth-order valence-electron chi connectivity index (χ4n) is 1.76. The topological polar surface area (TPSA) is 3.24 Å². The predicted molar refractivity (Wildman–Crippen MR) is 58.3 cm³/mol. The van der Waals surface area contributed by atoms with Gasteiger partial charge in [-0.05, 0) is 25.2 Å². The molecule has 0 fully saturated rings. The van der Waals surface area contributed by atoms with E-state index in [2.05, 4.69) is 50.2 Å². The average Bonchev–Trinajstić information content (AvgIpc) is 2.21. The highest BCUT2D eigenvalue weighted by Gasteiger charge is 2.11. The Balaban J connectivity index is 2.52. The number of hydrogen-bond acceptors (Lipinski definition) is 1. The second-order valence-electron chi connectivity index (χ2n) is 3.67. The van der Waals surface area contributed by atoms with E-state index in [1.165, 1.54) is 19.3 Å². The SMILES string of the molecule is CCC1C=CN(C(CC)CC)C=C1. The van der Waals surface area contributed by atoms with Gasteiger partial charge < -0.3 is 4.90 Å². The van der Waals surface area contributed by atoms with Gasteiger partial charge >= 0.3 is 0 Å². The lowest BCUT2D eigenvalue weighted by Gasteiger charge is -2.28. The molecule has 0 amide bonds. The molecule has 1 aliphatic heterocycles. The average molecular weight is 179 g/mol. The van der Waals surface area contributed by atoms with E-state index in [9.17, 15) is 0 Å². The van der Waals surface area contributed by atoms with Crippen molar-refractivity contribution in [2.45, 2.75) is 46.1 Å². The zero-order chi connectivity index (χ0) is 9.68. The van der Waals surface area contributed by atoms with Gasteiger partial charge in [-0.25, -0.2) is 0 Å². The molecule has 13 heavy (non-hydrogen) atoms. The van der Waals surface area contributed by atoms with E-state index in [1.807, 2.05) is 0 Å². The minimum absolute atomic E-state index is 0.658. The summed E-state index contributed by atoms with van der Waals surface area (Å²) in [5, 5.41) is 0. The Kier molecular flexibility index (Phi) is 4.07. The van der Waals surface area contributed by atoms with Crippen molar-refractivity contribution in [3.8, 4) is 0 Å². The molecule has 0 aliphatic carbocycles. The van der Waals surface area contributed by atoms with Crippen LogP contribution in [0.25, 0.3) is 0 Å². The molecule has 0 atom stereocenters. The van der Waals surface area contributed by atoms with Gasteiger partial charge in [0.15, 0.2) is 0 Å². The van der Waals surface area contributed by atoms with Crippen molar-refractivity contribution in [2.24, 2.45) is 5.92 Å². The summed E-state index contributed by atoms with van der Waals surface area (Å²) in [7, 11) is 0. The lowest BCUT2D eigenvalue weighted by molar-refractivity contribution is 0.336. The summed E-state index contributed by atoms with van der Waals surface area (Å²) in [4.78, 5) is 2.34. The minimum atomic E-state index is 0.658. The molecule has 74 valence electrons. The molecule has 1 aliphatic rings. The highest BCUT2D eigenvalue weighted by atomic mass is 15.1. The first-order valence-corrected chi connectivity index (χ1v) is 5.45. The maximum atomic E-state index is 2.34. The molecule has 0 unspecified atom stereocenters. The summed E-state index contributed by atoms with van der Waals surface area (Å²) in [5.74, 6) is 0.658. The molecule has 1 rings (SSSR count). The Morgan fingerprint density at radius 2 is 1.62 bits per heavy atom. The van der Waals surface area contributed by atoms with Crippen LogP contribution < -0.4 is 0 Å². The molecule has 0 aromatic heterocycles. The van der Waals surface area contributed by atoms with Crippen molar-refractivity contribution in [1.29, 1.82) is 0 Å². The minimum Gasteiger partial charge on any atom is -0.352 e. The van der Waals surface area contributed by atoms with Gasteiger partial charge in [-0.3, -0.25) is 0 Å². The molecule has 1 heterocycles. The fraction of sp³-hybridized carbons (Fsp3) is 0.667. The largest absolute Gasteiger partial charge is 0.352 e. The Morgan fingerprint density at radius 1 is 1.08 bits per heavy atom. The van der Waals surface area contributed by atoms with Gasteiger partial charge in [0.05, 0.1) is 0 Å². The summed E-state index contributed by atoms with van der Waals surface area (Å²) in [6.45, 7) is 6.73. The van der Waals surface area contributed by atoms with Crippen LogP contribution in [-0.4, -0.2) is 10.9 Å². The zero-order valence-electron chi connectivity index (χ0n) is 9.03. The van der Waals surface area contributed by atoms with Gasteiger partial charge in [-0.2, -0.15) is 0 Å². The van der Waals surface area contributed by atoms with Gasteiger partial charge in [0, 0.05) is 18.4 Å². The second kappa shape index (κ2) is 5.11. The van der Waals surface area contributed by atoms with Crippen LogP contribution in [0.5, 0.6) is 0 Å². The van der Waals surface area contributed by atoms with Gasteiger partial charge in [0.2, 0.25) is 0 Å². The number of rotatable bonds is 4. The molecule has 1 nitrogen and oxygen atoms in total. The van der Waals surface area contributed by atoms with Gasteiger partial charge in [0.1, 0.15) is 0 Å². The fourth-order valence-corrected chi connectivity index (χ4v) is 1.76. The zero-order valence-corrected chi connectivity index (χ0v) is 9.03. The predicted octanol–water partition coefficient (Wildman–Crippen LogP) is 3.54. The number of nitrogens with zero attached hydrogens (tertiary/aromatic N) is 1. The van der Waals surface area contributed by atoms with E-state index in [4.69, 9.17) is 0 Å². The van der Waals surface area contributed by atoms with Crippen molar-refractivity contribution >= 4 is 0 Å². The molecule has 0 radical (unpaired) electrons. The van der Waals surface area contributed by atoms with Crippen molar-refractivity contribution in [3.05, 3.63) is 24.6 Å². The molecule has 0 bridgehead atoms. The van der Waals surface area contributed by atoms with Crippen LogP contribution in [0.2, 0.25) is 0 Å². The molecule has 1 heteroatoms. The van der Waals surface area contributed by atoms with Crippen LogP contribution in [0.3, 0.4) is 0 Å². The number of hydrogen-bond donors (Lipinski definition) is 0. The summed E-state index contributed by atoms with van der Waals surface area (Å²) in [5.41, 5.74) is 0. The normalized spacial score (nSPS) is 17.4. The molecule has 0 saturated heterocycles. The smallest absolute Gasteiger partial charge is 0.0325 e. The third-order valence-corrected chi connectivity index (χ3v) is 2.85. The van der Waals surface area contributed by atoms with Crippen LogP contribution in [0.4, 0.5) is 0 Å². The van der Waals surface area contributed by atoms with Crippen LogP contribution in [0, 0.1) is 5.92 Å². The maximum Gasteiger partial charge on any atom is 0.0325 e. The molecule has 0 aromatic carbocycles. The third-order valence-electron chi connectivity index (χ3n) is 2.85.